The van der Waals surface area contributed by atoms with Gasteiger partial charge in [0.05, 0.1) is 4.90 Å². The first-order valence-corrected chi connectivity index (χ1v) is 8.47. The van der Waals surface area contributed by atoms with Crippen LogP contribution >= 0.6 is 0 Å². The van der Waals surface area contributed by atoms with Crippen LogP contribution in [0.5, 0.6) is 0 Å². The minimum absolute atomic E-state index is 0.261. The molecule has 0 radical (unpaired) electrons. The summed E-state index contributed by atoms with van der Waals surface area (Å²) in [4.78, 5) is 0.261. The second-order valence-corrected chi connectivity index (χ2v) is 6.78. The van der Waals surface area contributed by atoms with Crippen LogP contribution in [0.1, 0.15) is 11.1 Å². The van der Waals surface area contributed by atoms with E-state index < -0.39 is 10.0 Å². The van der Waals surface area contributed by atoms with Gasteiger partial charge in [-0.1, -0.05) is 29.8 Å². The van der Waals surface area contributed by atoms with Crippen LogP contribution in [-0.2, 0) is 16.6 Å². The number of benzene rings is 2. The van der Waals surface area contributed by atoms with Gasteiger partial charge in [0.25, 0.3) is 0 Å². The second kappa shape index (κ2) is 7.49. The lowest BCUT2D eigenvalue weighted by Crippen LogP contribution is -2.31. The Balaban J connectivity index is 1.76. The molecule has 4 nitrogen and oxygen atoms in total. The van der Waals surface area contributed by atoms with Crippen molar-refractivity contribution in [1.29, 1.82) is 0 Å². The Bertz CT molecular complexity index is 698. The third kappa shape index (κ3) is 4.91. The van der Waals surface area contributed by atoms with Gasteiger partial charge in [0.1, 0.15) is 5.82 Å². The number of hydrogen-bond donors (Lipinski definition) is 2. The molecule has 6 heteroatoms. The first-order valence-electron chi connectivity index (χ1n) is 6.99. The van der Waals surface area contributed by atoms with Crippen molar-refractivity contribution in [3.8, 4) is 0 Å². The van der Waals surface area contributed by atoms with Crippen LogP contribution in [0, 0.1) is 12.7 Å². The molecule has 0 amide bonds. The Morgan fingerprint density at radius 1 is 0.955 bits per heavy atom. The van der Waals surface area contributed by atoms with Gasteiger partial charge in [-0.25, -0.2) is 17.5 Å². The van der Waals surface area contributed by atoms with Crippen molar-refractivity contribution >= 4 is 10.0 Å². The summed E-state index contributed by atoms with van der Waals surface area (Å²) in [5.41, 5.74) is 1.96. The Morgan fingerprint density at radius 2 is 1.59 bits per heavy atom. The highest BCUT2D eigenvalue weighted by molar-refractivity contribution is 7.89. The van der Waals surface area contributed by atoms with E-state index in [9.17, 15) is 12.8 Å². The van der Waals surface area contributed by atoms with E-state index in [1.807, 2.05) is 6.92 Å². The van der Waals surface area contributed by atoms with Crippen molar-refractivity contribution in [1.82, 2.24) is 10.0 Å². The van der Waals surface area contributed by atoms with Crippen LogP contribution in [0.4, 0.5) is 4.39 Å². The van der Waals surface area contributed by atoms with Gasteiger partial charge >= 0.3 is 0 Å². The molecule has 0 atom stereocenters. The first kappa shape index (κ1) is 16.6. The van der Waals surface area contributed by atoms with E-state index in [1.54, 1.807) is 36.4 Å². The van der Waals surface area contributed by atoms with Crippen LogP contribution in [0.15, 0.2) is 53.4 Å². The fraction of sp³-hybridized carbons (Fsp3) is 0.250. The number of rotatable bonds is 7. The lowest BCUT2D eigenvalue weighted by Gasteiger charge is -2.08. The minimum atomic E-state index is -3.47. The standard InChI is InChI=1S/C16H19FN2O2S/c1-13-2-8-16(9-3-13)22(20,21)19-11-10-18-12-14-4-6-15(17)7-5-14/h2-9,18-19H,10-12H2,1H3. The summed E-state index contributed by atoms with van der Waals surface area (Å²) >= 11 is 0. The number of halogens is 1. The third-order valence-electron chi connectivity index (χ3n) is 3.17. The maximum atomic E-state index is 12.7. The molecule has 0 saturated carbocycles. The zero-order valence-electron chi connectivity index (χ0n) is 12.3. The topological polar surface area (TPSA) is 58.2 Å². The predicted molar refractivity (Wildman–Crippen MR) is 84.5 cm³/mol. The molecule has 0 aliphatic rings. The molecule has 0 unspecified atom stereocenters. The van der Waals surface area contributed by atoms with Crippen molar-refractivity contribution in [3.63, 3.8) is 0 Å². The maximum Gasteiger partial charge on any atom is 0.240 e. The molecule has 2 aromatic rings. The molecule has 118 valence electrons. The quantitative estimate of drug-likeness (QED) is 0.768. The molecule has 0 saturated heterocycles. The summed E-state index contributed by atoms with van der Waals surface area (Å²) in [5, 5.41) is 3.10. The molecule has 0 bridgehead atoms. The van der Waals surface area contributed by atoms with Gasteiger partial charge in [-0.3, -0.25) is 0 Å². The molecule has 22 heavy (non-hydrogen) atoms. The van der Waals surface area contributed by atoms with Crippen molar-refractivity contribution in [2.24, 2.45) is 0 Å². The van der Waals surface area contributed by atoms with Gasteiger partial charge in [-0.05, 0) is 36.8 Å². The average Bonchev–Trinajstić information content (AvgIpc) is 2.49. The normalized spacial score (nSPS) is 11.5. The Hall–Kier alpha value is -1.76. The molecule has 2 aromatic carbocycles. The summed E-state index contributed by atoms with van der Waals surface area (Å²) in [6.45, 7) is 3.25. The Morgan fingerprint density at radius 3 is 2.23 bits per heavy atom. The van der Waals surface area contributed by atoms with E-state index in [2.05, 4.69) is 10.0 Å². The molecular weight excluding hydrogens is 303 g/mol. The van der Waals surface area contributed by atoms with Gasteiger partial charge in [0.15, 0.2) is 0 Å². The smallest absolute Gasteiger partial charge is 0.240 e. The number of nitrogens with one attached hydrogen (secondary N) is 2. The molecule has 0 aliphatic carbocycles. The lowest BCUT2D eigenvalue weighted by molar-refractivity contribution is 0.575. The van der Waals surface area contributed by atoms with E-state index in [0.29, 0.717) is 13.1 Å². The highest BCUT2D eigenvalue weighted by Gasteiger charge is 2.12. The minimum Gasteiger partial charge on any atom is -0.311 e. The fourth-order valence-electron chi connectivity index (χ4n) is 1.91. The zero-order chi connectivity index (χ0) is 16.0. The predicted octanol–water partition coefficient (Wildman–Crippen LogP) is 2.20. The molecule has 0 spiro atoms. The molecule has 0 fully saturated rings. The lowest BCUT2D eigenvalue weighted by atomic mass is 10.2. The SMILES string of the molecule is Cc1ccc(S(=O)(=O)NCCNCc2ccc(F)cc2)cc1. The van der Waals surface area contributed by atoms with Crippen LogP contribution in [0.3, 0.4) is 0 Å². The van der Waals surface area contributed by atoms with Crippen LogP contribution in [-0.4, -0.2) is 21.5 Å². The van der Waals surface area contributed by atoms with E-state index in [0.717, 1.165) is 11.1 Å². The molecular formula is C16H19FN2O2S. The van der Waals surface area contributed by atoms with Gasteiger partial charge in [0, 0.05) is 19.6 Å². The average molecular weight is 322 g/mol. The third-order valence-corrected chi connectivity index (χ3v) is 4.64. The highest BCUT2D eigenvalue weighted by Crippen LogP contribution is 2.09. The van der Waals surface area contributed by atoms with E-state index in [4.69, 9.17) is 0 Å². The zero-order valence-corrected chi connectivity index (χ0v) is 13.2. The van der Waals surface area contributed by atoms with Crippen molar-refractivity contribution < 1.29 is 12.8 Å². The summed E-state index contributed by atoms with van der Waals surface area (Å²) in [7, 11) is -3.47. The molecule has 2 N–H and O–H groups in total. The van der Waals surface area contributed by atoms with Crippen LogP contribution < -0.4 is 10.0 Å². The van der Waals surface area contributed by atoms with Crippen molar-refractivity contribution in [3.05, 3.63) is 65.5 Å². The monoisotopic (exact) mass is 322 g/mol. The van der Waals surface area contributed by atoms with Crippen molar-refractivity contribution in [2.45, 2.75) is 18.4 Å². The van der Waals surface area contributed by atoms with E-state index >= 15 is 0 Å². The molecule has 0 heterocycles. The summed E-state index contributed by atoms with van der Waals surface area (Å²) in [6, 6.07) is 12.9. The fourth-order valence-corrected chi connectivity index (χ4v) is 2.94. The van der Waals surface area contributed by atoms with Gasteiger partial charge in [-0.2, -0.15) is 0 Å². The number of aryl methyl sites for hydroxylation is 1. The largest absolute Gasteiger partial charge is 0.311 e. The molecule has 2 rings (SSSR count). The first-order chi connectivity index (χ1) is 10.5. The Labute approximate surface area is 130 Å². The molecule has 0 aliphatic heterocycles. The van der Waals surface area contributed by atoms with Gasteiger partial charge in [-0.15, -0.1) is 0 Å². The summed E-state index contributed by atoms with van der Waals surface area (Å²) in [5.74, 6) is -0.269. The second-order valence-electron chi connectivity index (χ2n) is 5.01. The summed E-state index contributed by atoms with van der Waals surface area (Å²) < 4.78 is 39.4. The number of sulfonamides is 1. The molecule has 0 aromatic heterocycles. The summed E-state index contributed by atoms with van der Waals surface area (Å²) in [6.07, 6.45) is 0. The van der Waals surface area contributed by atoms with Crippen LogP contribution in [0.2, 0.25) is 0 Å². The van der Waals surface area contributed by atoms with E-state index in [-0.39, 0.29) is 17.3 Å². The Kier molecular flexibility index (Phi) is 5.65. The van der Waals surface area contributed by atoms with Crippen molar-refractivity contribution in [2.75, 3.05) is 13.1 Å². The number of hydrogen-bond acceptors (Lipinski definition) is 3. The van der Waals surface area contributed by atoms with Gasteiger partial charge < -0.3 is 5.32 Å². The highest BCUT2D eigenvalue weighted by atomic mass is 32.2. The van der Waals surface area contributed by atoms with Gasteiger partial charge in [0.2, 0.25) is 10.0 Å². The van der Waals surface area contributed by atoms with Crippen LogP contribution in [0.25, 0.3) is 0 Å². The maximum absolute atomic E-state index is 12.7. The van der Waals surface area contributed by atoms with E-state index in [1.165, 1.54) is 12.1 Å².